The average Bonchev–Trinajstić information content (AvgIpc) is 4.01. The van der Waals surface area contributed by atoms with E-state index in [0.29, 0.717) is 38.8 Å². The van der Waals surface area contributed by atoms with Crippen molar-refractivity contribution in [2.75, 3.05) is 17.3 Å². The van der Waals surface area contributed by atoms with Crippen molar-refractivity contribution < 1.29 is 45.0 Å². The third-order valence-electron chi connectivity index (χ3n) is 6.78. The molecule has 3 aromatic carbocycles. The fourth-order valence-electron chi connectivity index (χ4n) is 4.52. The van der Waals surface area contributed by atoms with Crippen LogP contribution in [0.2, 0.25) is 0 Å². The van der Waals surface area contributed by atoms with Gasteiger partial charge in [-0.1, -0.05) is 18.2 Å². The van der Waals surface area contributed by atoms with Gasteiger partial charge in [0.25, 0.3) is 5.91 Å². The molecule has 6 aromatic rings. The second-order valence-corrected chi connectivity index (χ2v) is 16.6. The van der Waals surface area contributed by atoms with Crippen LogP contribution in [0.5, 0.6) is 17.2 Å². The Balaban J connectivity index is 0.000000175. The van der Waals surface area contributed by atoms with Crippen molar-refractivity contribution in [1.29, 1.82) is 0 Å². The molecule has 1 amide bonds. The maximum Gasteiger partial charge on any atom is 2.00 e. The van der Waals surface area contributed by atoms with Crippen LogP contribution in [0.1, 0.15) is 15.0 Å². The van der Waals surface area contributed by atoms with Crippen molar-refractivity contribution in [3.63, 3.8) is 0 Å². The van der Waals surface area contributed by atoms with E-state index >= 15 is 0 Å². The molecule has 0 saturated carbocycles. The Bertz CT molecular complexity index is 2470. The Morgan fingerprint density at radius 1 is 0.696 bits per heavy atom. The minimum atomic E-state index is -0.906. The van der Waals surface area contributed by atoms with Crippen LogP contribution < -0.4 is 5.11 Å². The van der Waals surface area contributed by atoms with Gasteiger partial charge in [0.1, 0.15) is 47.4 Å². The van der Waals surface area contributed by atoms with E-state index in [-0.39, 0.29) is 46.2 Å². The number of carboxylic acid groups (broad SMARTS) is 1. The minimum Gasteiger partial charge on any atom is -0.834 e. The van der Waals surface area contributed by atoms with Gasteiger partial charge in [0, 0.05) is 21.4 Å². The Morgan fingerprint density at radius 3 is 1.46 bits per heavy atom. The van der Waals surface area contributed by atoms with Crippen molar-refractivity contribution in [2.24, 2.45) is 15.0 Å². The number of rotatable bonds is 4. The fraction of sp³-hybridized carbons (Fsp3) is 0.156. The number of thiazole rings is 3. The molecule has 5 N–H and O–H groups in total. The first-order valence-corrected chi connectivity index (χ1v) is 20.4. The first kappa shape index (κ1) is 44.4. The maximum atomic E-state index is 11.1. The van der Waals surface area contributed by atoms with Gasteiger partial charge in [0.2, 0.25) is 0 Å². The average molecular weight is 883 g/mol. The summed E-state index contributed by atoms with van der Waals surface area (Å²) in [6.07, 6.45) is -0.861. The Labute approximate surface area is 355 Å². The van der Waals surface area contributed by atoms with Gasteiger partial charge < -0.3 is 35.4 Å². The molecule has 284 valence electrons. The maximum absolute atomic E-state index is 11.1. The number of carbonyl (C=O) groups is 2. The number of aromatic hydroxyl groups is 3. The molecule has 0 fully saturated rings. The Kier molecular flexibility index (Phi) is 16.5. The number of phenolic OH excluding ortho intramolecular Hbond substituents is 3. The van der Waals surface area contributed by atoms with E-state index in [1.54, 1.807) is 54.6 Å². The second-order valence-electron chi connectivity index (χ2n) is 10.5. The molecule has 3 aliphatic rings. The zero-order valence-corrected chi connectivity index (χ0v) is 34.3. The van der Waals surface area contributed by atoms with Crippen LogP contribution in [0.3, 0.4) is 0 Å². The molecular weight excluding hydrogens is 861 g/mol. The third kappa shape index (κ3) is 11.4. The first-order chi connectivity index (χ1) is 26.5. The number of amides is 1. The molecule has 2 unspecified atom stereocenters. The van der Waals surface area contributed by atoms with Crippen LogP contribution >= 0.6 is 69.3 Å². The molecular formula is C32H22MgN6O11S6. The number of benzene rings is 3. The molecule has 24 heteroatoms. The van der Waals surface area contributed by atoms with Gasteiger partial charge in [-0.2, -0.15) is 0 Å². The van der Waals surface area contributed by atoms with E-state index in [0.717, 1.165) is 45.7 Å². The van der Waals surface area contributed by atoms with Crippen LogP contribution in [-0.2, 0) is 14.4 Å². The molecule has 56 heavy (non-hydrogen) atoms. The number of nitrogens with zero attached hydrogens (tertiary/aromatic N) is 6. The van der Waals surface area contributed by atoms with Crippen LogP contribution in [0.4, 0.5) is 0 Å². The molecule has 0 saturated heterocycles. The largest absolute Gasteiger partial charge is 2.00 e. The van der Waals surface area contributed by atoms with Gasteiger partial charge in [-0.3, -0.25) is 14.8 Å². The summed E-state index contributed by atoms with van der Waals surface area (Å²) in [7, 11) is 0. The van der Waals surface area contributed by atoms with Gasteiger partial charge in [0.05, 0.1) is 36.4 Å². The van der Waals surface area contributed by atoms with Gasteiger partial charge in [-0.05, 0) is 60.8 Å². The van der Waals surface area contributed by atoms with Crippen LogP contribution in [-0.4, -0.2) is 127 Å². The van der Waals surface area contributed by atoms with E-state index in [4.69, 9.17) is 24.9 Å². The van der Waals surface area contributed by atoms with Gasteiger partial charge in [-0.25, -0.2) is 24.7 Å². The summed E-state index contributed by atoms with van der Waals surface area (Å²) in [4.78, 5) is 69.3. The number of fused-ring (bicyclic) bond motifs is 3. The quantitative estimate of drug-likeness (QED) is 0.121. The van der Waals surface area contributed by atoms with E-state index in [2.05, 4.69) is 29.9 Å². The van der Waals surface area contributed by atoms with Crippen LogP contribution in [0.25, 0.3) is 30.6 Å². The minimum absolute atomic E-state index is 0. The van der Waals surface area contributed by atoms with Crippen molar-refractivity contribution in [1.82, 2.24) is 15.0 Å². The van der Waals surface area contributed by atoms with Crippen molar-refractivity contribution in [2.45, 2.75) is 12.3 Å². The van der Waals surface area contributed by atoms with E-state index in [9.17, 15) is 30.0 Å². The predicted molar refractivity (Wildman–Crippen MR) is 222 cm³/mol. The summed E-state index contributed by atoms with van der Waals surface area (Å²) in [6, 6.07) is 14.3. The number of aromatic nitrogens is 3. The van der Waals surface area contributed by atoms with Crippen LogP contribution in [0.15, 0.2) is 69.6 Å². The number of phenols is 3. The van der Waals surface area contributed by atoms with E-state index in [1.165, 1.54) is 69.3 Å². The molecule has 0 radical (unpaired) electrons. The molecule has 3 aliphatic heterocycles. The van der Waals surface area contributed by atoms with E-state index < -0.39 is 18.2 Å². The smallest absolute Gasteiger partial charge is 0.834 e. The molecule has 17 nitrogen and oxygen atoms in total. The topological polar surface area (TPSA) is 285 Å². The van der Waals surface area contributed by atoms with Gasteiger partial charge >= 0.3 is 29.0 Å². The summed E-state index contributed by atoms with van der Waals surface area (Å²) >= 11 is 8.55. The Hall–Kier alpha value is -4.27. The number of aliphatic imine (C=N–C) groups is 3. The molecule has 9 rings (SSSR count). The zero-order chi connectivity index (χ0) is 39.6. The summed E-state index contributed by atoms with van der Waals surface area (Å²) in [5.41, 5.74) is 2.44. The predicted octanol–water partition coefficient (Wildman–Crippen LogP) is 4.45. The third-order valence-corrected chi connectivity index (χ3v) is 13.3. The Morgan fingerprint density at radius 2 is 1.11 bits per heavy atom. The monoisotopic (exact) mass is 882 g/mol. The molecule has 6 heterocycles. The summed E-state index contributed by atoms with van der Waals surface area (Å²) < 4.78 is 2.68. The molecule has 2 atom stereocenters. The number of thioether (sulfide) groups is 3. The van der Waals surface area contributed by atoms with Crippen molar-refractivity contribution in [3.8, 4) is 17.2 Å². The van der Waals surface area contributed by atoms with E-state index in [1.807, 2.05) is 0 Å². The van der Waals surface area contributed by atoms with Crippen molar-refractivity contribution in [3.05, 3.63) is 79.5 Å². The second kappa shape index (κ2) is 20.8. The molecule has 3 aromatic heterocycles. The number of carbonyl (C=O) groups excluding carboxylic acids is 1. The van der Waals surface area contributed by atoms with Crippen LogP contribution in [0, 0.1) is 9.93 Å². The van der Waals surface area contributed by atoms with Crippen molar-refractivity contribution >= 4 is 156 Å². The summed E-state index contributed by atoms with van der Waals surface area (Å²) in [5, 5.41) is 59.1. The van der Waals surface area contributed by atoms with Gasteiger partial charge in [0.15, 0.2) is 6.04 Å². The number of carboxylic acids is 1. The number of hydrogen-bond acceptors (Lipinski definition) is 20. The summed E-state index contributed by atoms with van der Waals surface area (Å²) in [6.45, 7) is 0.500. The number of aliphatic hydroxyl groups excluding tert-OH is 1. The molecule has 0 aliphatic carbocycles. The first-order valence-electron chi connectivity index (χ1n) is 15.0. The molecule has 0 spiro atoms. The SMILES string of the molecule is O=C(O)C1CSC(c2nc3ccc(O)cc3s2)=N1.O=C1CSC(c2nc3ccc(O)cc3s2)=N1.O=O.O=[C-]O.[Mg+2].[O-]C1CSC(c2nc3ccc(O)cc3s2)=N1. The number of aliphatic carboxylic acids is 1. The normalized spacial score (nSPS) is 16.7. The van der Waals surface area contributed by atoms with Gasteiger partial charge in [-0.15, -0.1) is 57.5 Å². The zero-order valence-electron chi connectivity index (χ0n) is 28.0. The fourth-order valence-corrected chi connectivity index (χ4v) is 10.4. The summed E-state index contributed by atoms with van der Waals surface area (Å²) in [5.74, 6) is 0.962. The molecule has 0 bridgehead atoms. The standard InChI is InChI=1S/C11H8N2O3S2.C10H7N2O2S2.C10H6N2O2S2.CHO2.Mg.O2/c14-5-1-2-6-8(3-5)18-10(12-6)9-13-7(4-17-9)11(15)16;2*13-5-1-2-6-7(3-5)16-10(11-6)9-12-8(14)4-15-9;2-1-3;;1-2/h1-3,7,14H,4H2,(H,15,16);1-3,8,13H,4H2;1-3,13H,4H2;(H,2,3);;/q;-1;;-1;+2;. The number of hydrogen-bond donors (Lipinski definition) is 5.